The molecule has 0 radical (unpaired) electrons. The van der Waals surface area contributed by atoms with E-state index in [-0.39, 0.29) is 5.91 Å². The summed E-state index contributed by atoms with van der Waals surface area (Å²) in [4.78, 5) is 10.2. The van der Waals surface area contributed by atoms with Gasteiger partial charge in [0.1, 0.15) is 0 Å². The Hall–Kier alpha value is -1.79. The van der Waals surface area contributed by atoms with Crippen LogP contribution in [0.25, 0.3) is 0 Å². The van der Waals surface area contributed by atoms with Crippen molar-refractivity contribution in [2.24, 2.45) is 0 Å². The number of aryl methyl sites for hydroxylation is 1. The van der Waals surface area contributed by atoms with E-state index in [1.54, 1.807) is 7.11 Å². The lowest BCUT2D eigenvalue weighted by atomic mass is 10.2. The summed E-state index contributed by atoms with van der Waals surface area (Å²) in [6, 6.07) is 10.3. The third kappa shape index (κ3) is 26.0. The van der Waals surface area contributed by atoms with Gasteiger partial charge in [-0.15, -0.1) is 12.8 Å². The summed E-state index contributed by atoms with van der Waals surface area (Å²) in [6.45, 7) is 8.75. The van der Waals surface area contributed by atoms with Gasteiger partial charge in [-0.25, -0.2) is 0 Å². The zero-order valence-electron chi connectivity index (χ0n) is 12.8. The normalized spacial score (nSPS) is 7.32. The molecule has 1 aromatic carbocycles. The van der Waals surface area contributed by atoms with E-state index < -0.39 is 0 Å². The lowest BCUT2D eigenvalue weighted by molar-refractivity contribution is -0.119. The summed E-state index contributed by atoms with van der Waals surface area (Å²) in [7, 11) is 1.60. The number of carbonyl (C=O) groups excluding carboxylic acids is 1. The standard InChI is InChI=1S/C7H8.C5H11NO2.C2H6.C2H2/c1-7-5-3-2-4-6-7;1-5(7)6-3-4-8-2;2*1-2/h2-6H,1H3;3-4H2,1-2H3,(H,6,7);1-2H3;1-2H. The molecule has 1 amide bonds. The molecule has 0 aliphatic heterocycles. The Morgan fingerprint density at radius 3 is 1.95 bits per heavy atom. The molecule has 0 atom stereocenters. The first-order valence-electron chi connectivity index (χ1n) is 6.25. The maximum Gasteiger partial charge on any atom is 0.216 e. The summed E-state index contributed by atoms with van der Waals surface area (Å²) in [5, 5.41) is 2.58. The molecule has 0 heterocycles. The fourth-order valence-electron chi connectivity index (χ4n) is 0.864. The van der Waals surface area contributed by atoms with Gasteiger partial charge in [-0.1, -0.05) is 49.7 Å². The van der Waals surface area contributed by atoms with Crippen LogP contribution in [0.2, 0.25) is 0 Å². The molecule has 0 aliphatic carbocycles. The van der Waals surface area contributed by atoms with Crippen LogP contribution in [0.5, 0.6) is 0 Å². The lowest BCUT2D eigenvalue weighted by Crippen LogP contribution is -2.23. The number of methoxy groups -OCH3 is 1. The van der Waals surface area contributed by atoms with Crippen molar-refractivity contribution in [3.8, 4) is 12.8 Å². The second kappa shape index (κ2) is 21.5. The fraction of sp³-hybridized carbons (Fsp3) is 0.438. The van der Waals surface area contributed by atoms with E-state index in [9.17, 15) is 4.79 Å². The van der Waals surface area contributed by atoms with E-state index in [2.05, 4.69) is 42.0 Å². The summed E-state index contributed by atoms with van der Waals surface area (Å²) < 4.78 is 4.68. The Kier molecular flexibility index (Phi) is 25.3. The monoisotopic (exact) mass is 265 g/mol. The Labute approximate surface area is 118 Å². The van der Waals surface area contributed by atoms with Crippen molar-refractivity contribution >= 4 is 5.91 Å². The van der Waals surface area contributed by atoms with Crippen molar-refractivity contribution in [1.29, 1.82) is 0 Å². The van der Waals surface area contributed by atoms with Crippen molar-refractivity contribution in [1.82, 2.24) is 5.32 Å². The molecule has 0 unspecified atom stereocenters. The maximum atomic E-state index is 10.2. The van der Waals surface area contributed by atoms with Crippen LogP contribution in [-0.4, -0.2) is 26.2 Å². The van der Waals surface area contributed by atoms with Gasteiger partial charge in [-0.2, -0.15) is 0 Å². The quantitative estimate of drug-likeness (QED) is 0.674. The average molecular weight is 265 g/mol. The minimum atomic E-state index is -0.0120. The average Bonchev–Trinajstić information content (AvgIpc) is 2.45. The van der Waals surface area contributed by atoms with Crippen molar-refractivity contribution < 1.29 is 9.53 Å². The lowest BCUT2D eigenvalue weighted by Gasteiger charge is -1.97. The van der Waals surface area contributed by atoms with E-state index in [0.717, 1.165) is 0 Å². The Balaban J connectivity index is -0.000000214. The largest absolute Gasteiger partial charge is 0.383 e. The predicted octanol–water partition coefficient (Wildman–Crippen LogP) is 3.04. The number of rotatable bonds is 3. The smallest absolute Gasteiger partial charge is 0.216 e. The SMILES string of the molecule is C#C.CC.COCCNC(C)=O.Cc1ccccc1. The first-order chi connectivity index (χ1) is 9.16. The van der Waals surface area contributed by atoms with Crippen LogP contribution in [0.15, 0.2) is 30.3 Å². The molecular weight excluding hydrogens is 238 g/mol. The van der Waals surface area contributed by atoms with Gasteiger partial charge in [-0.05, 0) is 6.92 Å². The second-order valence-corrected chi connectivity index (χ2v) is 3.13. The van der Waals surface area contributed by atoms with Gasteiger partial charge in [0.15, 0.2) is 0 Å². The molecule has 3 heteroatoms. The number of hydrogen-bond donors (Lipinski definition) is 1. The predicted molar refractivity (Wildman–Crippen MR) is 83.0 cm³/mol. The number of nitrogens with one attached hydrogen (secondary N) is 1. The maximum absolute atomic E-state index is 10.2. The molecule has 1 N–H and O–H groups in total. The van der Waals surface area contributed by atoms with Crippen LogP contribution >= 0.6 is 0 Å². The van der Waals surface area contributed by atoms with Gasteiger partial charge < -0.3 is 10.1 Å². The van der Waals surface area contributed by atoms with Crippen molar-refractivity contribution in [3.05, 3.63) is 35.9 Å². The molecule has 3 nitrogen and oxygen atoms in total. The number of amides is 1. The van der Waals surface area contributed by atoms with E-state index in [0.29, 0.717) is 13.2 Å². The summed E-state index contributed by atoms with van der Waals surface area (Å²) in [6.07, 6.45) is 8.00. The third-order valence-electron chi connectivity index (χ3n) is 1.62. The highest BCUT2D eigenvalue weighted by atomic mass is 16.5. The fourth-order valence-corrected chi connectivity index (χ4v) is 0.864. The molecular formula is C16H27NO2. The number of hydrogen-bond acceptors (Lipinski definition) is 2. The molecule has 0 saturated carbocycles. The van der Waals surface area contributed by atoms with Crippen molar-refractivity contribution in [3.63, 3.8) is 0 Å². The van der Waals surface area contributed by atoms with E-state index in [4.69, 9.17) is 0 Å². The molecule has 0 aliphatic rings. The van der Waals surface area contributed by atoms with Crippen LogP contribution in [0.4, 0.5) is 0 Å². The molecule has 1 rings (SSSR count). The summed E-state index contributed by atoms with van der Waals surface area (Å²) in [5.74, 6) is -0.0120. The van der Waals surface area contributed by atoms with Gasteiger partial charge in [0, 0.05) is 20.6 Å². The van der Waals surface area contributed by atoms with E-state index in [1.165, 1.54) is 12.5 Å². The zero-order chi connectivity index (χ0) is 15.5. The third-order valence-corrected chi connectivity index (χ3v) is 1.62. The molecule has 19 heavy (non-hydrogen) atoms. The number of terminal acetylenes is 1. The number of ether oxygens (including phenoxy) is 1. The number of carbonyl (C=O) groups is 1. The highest BCUT2D eigenvalue weighted by Crippen LogP contribution is 1.92. The molecule has 1 aromatic rings. The highest BCUT2D eigenvalue weighted by molar-refractivity contribution is 5.72. The Morgan fingerprint density at radius 1 is 1.21 bits per heavy atom. The van der Waals surface area contributed by atoms with Gasteiger partial charge >= 0.3 is 0 Å². The van der Waals surface area contributed by atoms with Crippen LogP contribution in [0, 0.1) is 19.8 Å². The van der Waals surface area contributed by atoms with Crippen molar-refractivity contribution in [2.75, 3.05) is 20.3 Å². The second-order valence-electron chi connectivity index (χ2n) is 3.13. The van der Waals surface area contributed by atoms with Gasteiger partial charge in [-0.3, -0.25) is 4.79 Å². The zero-order valence-corrected chi connectivity index (χ0v) is 12.8. The van der Waals surface area contributed by atoms with Crippen LogP contribution in [0.3, 0.4) is 0 Å². The molecule has 108 valence electrons. The molecule has 0 spiro atoms. The van der Waals surface area contributed by atoms with Crippen LogP contribution in [-0.2, 0) is 9.53 Å². The summed E-state index contributed by atoms with van der Waals surface area (Å²) in [5.41, 5.74) is 1.32. The topological polar surface area (TPSA) is 38.3 Å². The van der Waals surface area contributed by atoms with Gasteiger partial charge in [0.25, 0.3) is 0 Å². The summed E-state index contributed by atoms with van der Waals surface area (Å²) >= 11 is 0. The Bertz CT molecular complexity index is 294. The molecule has 0 fully saturated rings. The van der Waals surface area contributed by atoms with Crippen LogP contribution < -0.4 is 5.32 Å². The minimum Gasteiger partial charge on any atom is -0.383 e. The van der Waals surface area contributed by atoms with Crippen LogP contribution in [0.1, 0.15) is 26.3 Å². The highest BCUT2D eigenvalue weighted by Gasteiger charge is 1.85. The minimum absolute atomic E-state index is 0.0120. The first-order valence-corrected chi connectivity index (χ1v) is 6.25. The first kappa shape index (κ1) is 22.4. The van der Waals surface area contributed by atoms with Gasteiger partial charge in [0.2, 0.25) is 5.91 Å². The van der Waals surface area contributed by atoms with E-state index in [1.807, 2.05) is 32.0 Å². The van der Waals surface area contributed by atoms with E-state index >= 15 is 0 Å². The molecule has 0 saturated heterocycles. The molecule has 0 bridgehead atoms. The van der Waals surface area contributed by atoms with Crippen molar-refractivity contribution in [2.45, 2.75) is 27.7 Å². The Morgan fingerprint density at radius 2 is 1.68 bits per heavy atom. The van der Waals surface area contributed by atoms with Gasteiger partial charge in [0.05, 0.1) is 6.61 Å². The number of benzene rings is 1. The molecule has 0 aromatic heterocycles.